The van der Waals surface area contributed by atoms with E-state index in [0.29, 0.717) is 5.82 Å². The zero-order valence-corrected chi connectivity index (χ0v) is 11.5. The number of anilines is 1. The summed E-state index contributed by atoms with van der Waals surface area (Å²) < 4.78 is 1.83. The molecule has 0 aromatic carbocycles. The van der Waals surface area contributed by atoms with E-state index < -0.39 is 0 Å². The Hall–Kier alpha value is -1.91. The van der Waals surface area contributed by atoms with Crippen molar-refractivity contribution in [3.63, 3.8) is 0 Å². The minimum absolute atomic E-state index is 0.241. The van der Waals surface area contributed by atoms with Crippen LogP contribution in [-0.4, -0.2) is 19.7 Å². The van der Waals surface area contributed by atoms with E-state index in [0.717, 1.165) is 23.0 Å². The van der Waals surface area contributed by atoms with Crippen molar-refractivity contribution in [3.8, 4) is 5.82 Å². The maximum absolute atomic E-state index is 5.84. The number of rotatable bonds is 2. The second kappa shape index (κ2) is 4.40. The molecule has 18 heavy (non-hydrogen) atoms. The van der Waals surface area contributed by atoms with Gasteiger partial charge in [0, 0.05) is 17.7 Å². The van der Waals surface area contributed by atoms with Crippen LogP contribution in [0.4, 0.5) is 5.82 Å². The molecule has 0 spiro atoms. The molecule has 0 amide bonds. The first-order valence-corrected chi connectivity index (χ1v) is 6.07. The Labute approximate surface area is 107 Å². The standard InChI is InChI=1S/C13H19N5/c1-7(2)13-15-11(14)6-12(16-13)18-10(5)8(3)9(4)17-18/h6-7H,1-5H3,(H2,14,15,16). The molecule has 0 atom stereocenters. The van der Waals surface area contributed by atoms with Gasteiger partial charge in [0.2, 0.25) is 0 Å². The molecule has 0 fully saturated rings. The Morgan fingerprint density at radius 3 is 2.33 bits per heavy atom. The summed E-state index contributed by atoms with van der Waals surface area (Å²) in [5.41, 5.74) is 9.11. The lowest BCUT2D eigenvalue weighted by Crippen LogP contribution is -2.09. The third-order valence-corrected chi connectivity index (χ3v) is 3.14. The molecule has 96 valence electrons. The summed E-state index contributed by atoms with van der Waals surface area (Å²) >= 11 is 0. The number of nitrogens with zero attached hydrogens (tertiary/aromatic N) is 4. The molecule has 0 bridgehead atoms. The Morgan fingerprint density at radius 1 is 1.17 bits per heavy atom. The molecular formula is C13H19N5. The van der Waals surface area contributed by atoms with Crippen LogP contribution in [-0.2, 0) is 0 Å². The molecule has 2 N–H and O–H groups in total. The van der Waals surface area contributed by atoms with Gasteiger partial charge in [-0.2, -0.15) is 5.10 Å². The lowest BCUT2D eigenvalue weighted by atomic mass is 10.2. The highest BCUT2D eigenvalue weighted by Crippen LogP contribution is 2.18. The molecule has 2 heterocycles. The van der Waals surface area contributed by atoms with Gasteiger partial charge in [-0.15, -0.1) is 0 Å². The van der Waals surface area contributed by atoms with E-state index in [1.54, 1.807) is 6.07 Å². The Kier molecular flexibility index (Phi) is 3.07. The molecule has 2 rings (SSSR count). The summed E-state index contributed by atoms with van der Waals surface area (Å²) in [6.45, 7) is 10.2. The van der Waals surface area contributed by atoms with Gasteiger partial charge in [0.1, 0.15) is 11.6 Å². The molecule has 0 unspecified atom stereocenters. The van der Waals surface area contributed by atoms with Gasteiger partial charge in [0.05, 0.1) is 5.69 Å². The predicted octanol–water partition coefficient (Wildman–Crippen LogP) is 2.29. The second-order valence-electron chi connectivity index (χ2n) is 4.87. The van der Waals surface area contributed by atoms with Crippen molar-refractivity contribution in [1.82, 2.24) is 19.7 Å². The smallest absolute Gasteiger partial charge is 0.159 e. The predicted molar refractivity (Wildman–Crippen MR) is 71.9 cm³/mol. The molecule has 0 aliphatic heterocycles. The van der Waals surface area contributed by atoms with E-state index in [1.165, 1.54) is 5.56 Å². The monoisotopic (exact) mass is 245 g/mol. The Balaban J connectivity index is 2.60. The normalized spacial score (nSPS) is 11.2. The molecular weight excluding hydrogens is 226 g/mol. The van der Waals surface area contributed by atoms with Gasteiger partial charge in [-0.1, -0.05) is 13.8 Å². The Morgan fingerprint density at radius 2 is 1.83 bits per heavy atom. The molecule has 0 saturated heterocycles. The average molecular weight is 245 g/mol. The zero-order valence-electron chi connectivity index (χ0n) is 11.5. The van der Waals surface area contributed by atoms with Crippen molar-refractivity contribution in [1.29, 1.82) is 0 Å². The van der Waals surface area contributed by atoms with Crippen molar-refractivity contribution >= 4 is 5.82 Å². The molecule has 2 aromatic heterocycles. The van der Waals surface area contributed by atoms with Crippen LogP contribution in [0.2, 0.25) is 0 Å². The van der Waals surface area contributed by atoms with Crippen LogP contribution < -0.4 is 5.73 Å². The highest BCUT2D eigenvalue weighted by atomic mass is 15.3. The molecule has 0 saturated carbocycles. The third-order valence-electron chi connectivity index (χ3n) is 3.14. The summed E-state index contributed by atoms with van der Waals surface area (Å²) in [7, 11) is 0. The SMILES string of the molecule is Cc1nn(-c2cc(N)nc(C(C)C)n2)c(C)c1C. The second-order valence-corrected chi connectivity index (χ2v) is 4.87. The molecule has 5 nitrogen and oxygen atoms in total. The van der Waals surface area contributed by atoms with Gasteiger partial charge >= 0.3 is 0 Å². The van der Waals surface area contributed by atoms with Crippen LogP contribution in [0, 0.1) is 20.8 Å². The van der Waals surface area contributed by atoms with E-state index in [1.807, 2.05) is 32.4 Å². The largest absolute Gasteiger partial charge is 0.384 e. The van der Waals surface area contributed by atoms with E-state index >= 15 is 0 Å². The van der Waals surface area contributed by atoms with Gasteiger partial charge in [-0.3, -0.25) is 0 Å². The maximum Gasteiger partial charge on any atom is 0.159 e. The van der Waals surface area contributed by atoms with Crippen molar-refractivity contribution in [3.05, 3.63) is 28.8 Å². The first kappa shape index (κ1) is 12.5. The minimum Gasteiger partial charge on any atom is -0.384 e. The number of nitrogens with two attached hydrogens (primary N) is 1. The summed E-state index contributed by atoms with van der Waals surface area (Å²) in [5, 5.41) is 4.49. The van der Waals surface area contributed by atoms with Gasteiger partial charge in [0.25, 0.3) is 0 Å². The first-order valence-electron chi connectivity index (χ1n) is 6.07. The van der Waals surface area contributed by atoms with Gasteiger partial charge in [-0.05, 0) is 26.3 Å². The van der Waals surface area contributed by atoms with Crippen LogP contribution in [0.3, 0.4) is 0 Å². The number of aromatic nitrogens is 4. The molecule has 2 aromatic rings. The number of aryl methyl sites for hydroxylation is 1. The molecule has 0 radical (unpaired) electrons. The summed E-state index contributed by atoms with van der Waals surface area (Å²) in [6.07, 6.45) is 0. The fourth-order valence-electron chi connectivity index (χ4n) is 1.78. The van der Waals surface area contributed by atoms with E-state index in [9.17, 15) is 0 Å². The lowest BCUT2D eigenvalue weighted by molar-refractivity contribution is 0.738. The zero-order chi connectivity index (χ0) is 13.4. The van der Waals surface area contributed by atoms with Crippen LogP contribution in [0.5, 0.6) is 0 Å². The van der Waals surface area contributed by atoms with E-state index in [-0.39, 0.29) is 5.92 Å². The summed E-state index contributed by atoms with van der Waals surface area (Å²) in [4.78, 5) is 8.77. The highest BCUT2D eigenvalue weighted by molar-refractivity contribution is 5.40. The highest BCUT2D eigenvalue weighted by Gasteiger charge is 2.13. The van der Waals surface area contributed by atoms with Gasteiger partial charge < -0.3 is 5.73 Å². The fourth-order valence-corrected chi connectivity index (χ4v) is 1.78. The van der Waals surface area contributed by atoms with Crippen LogP contribution in [0.25, 0.3) is 5.82 Å². The van der Waals surface area contributed by atoms with Gasteiger partial charge in [0.15, 0.2) is 5.82 Å². The summed E-state index contributed by atoms with van der Waals surface area (Å²) in [6, 6.07) is 1.75. The molecule has 0 aliphatic rings. The molecule has 0 aliphatic carbocycles. The van der Waals surface area contributed by atoms with Crippen molar-refractivity contribution in [2.45, 2.75) is 40.5 Å². The van der Waals surface area contributed by atoms with Crippen LogP contribution in [0.1, 0.15) is 42.5 Å². The summed E-state index contributed by atoms with van der Waals surface area (Å²) in [5.74, 6) is 2.20. The van der Waals surface area contributed by atoms with E-state index in [4.69, 9.17) is 5.73 Å². The van der Waals surface area contributed by atoms with Crippen molar-refractivity contribution in [2.75, 3.05) is 5.73 Å². The quantitative estimate of drug-likeness (QED) is 0.881. The average Bonchev–Trinajstić information content (AvgIpc) is 2.56. The molecule has 5 heteroatoms. The number of hydrogen-bond acceptors (Lipinski definition) is 4. The van der Waals surface area contributed by atoms with Crippen LogP contribution >= 0.6 is 0 Å². The number of hydrogen-bond donors (Lipinski definition) is 1. The van der Waals surface area contributed by atoms with Crippen molar-refractivity contribution in [2.24, 2.45) is 0 Å². The maximum atomic E-state index is 5.84. The topological polar surface area (TPSA) is 69.6 Å². The third kappa shape index (κ3) is 2.08. The van der Waals surface area contributed by atoms with Crippen LogP contribution in [0.15, 0.2) is 6.07 Å². The van der Waals surface area contributed by atoms with E-state index in [2.05, 4.69) is 22.0 Å². The fraction of sp³-hybridized carbons (Fsp3) is 0.462. The van der Waals surface area contributed by atoms with Gasteiger partial charge in [-0.25, -0.2) is 14.6 Å². The minimum atomic E-state index is 0.241. The lowest BCUT2D eigenvalue weighted by Gasteiger charge is -2.09. The van der Waals surface area contributed by atoms with Crippen molar-refractivity contribution < 1.29 is 0 Å². The Bertz CT molecular complexity index is 583. The first-order chi connectivity index (χ1) is 8.40. The number of nitrogen functional groups attached to an aromatic ring is 1.